The molecule has 0 saturated carbocycles. The van der Waals surface area contributed by atoms with Gasteiger partial charge in [0.15, 0.2) is 9.84 Å². The Morgan fingerprint density at radius 1 is 1.45 bits per heavy atom. The van der Waals surface area contributed by atoms with Gasteiger partial charge in [-0.15, -0.1) is 0 Å². The number of halogens is 1. The summed E-state index contributed by atoms with van der Waals surface area (Å²) in [4.78, 5) is 0. The van der Waals surface area contributed by atoms with Crippen LogP contribution in [0.25, 0.3) is 0 Å². The Morgan fingerprint density at radius 3 is 2.80 bits per heavy atom. The lowest BCUT2D eigenvalue weighted by atomic mass is 10.2. The van der Waals surface area contributed by atoms with Crippen LogP contribution >= 0.6 is 11.6 Å². The Balaban J connectivity index is 2.16. The van der Waals surface area contributed by atoms with Crippen molar-refractivity contribution in [3.8, 4) is 5.75 Å². The lowest BCUT2D eigenvalue weighted by molar-refractivity contribution is 0.0731. The van der Waals surface area contributed by atoms with Crippen LogP contribution in [0.4, 0.5) is 0 Å². The fraction of sp³-hybridized carbons (Fsp3) is 0.538. The molecular formula is C13H18ClNO4S. The first-order valence-electron chi connectivity index (χ1n) is 6.45. The molecule has 0 radical (unpaired) electrons. The zero-order chi connectivity index (χ0) is 14.8. The van der Waals surface area contributed by atoms with Crippen molar-refractivity contribution in [3.05, 3.63) is 28.8 Å². The number of benzene rings is 1. The minimum Gasteiger partial charge on any atom is -0.486 e. The molecule has 1 saturated heterocycles. The maximum absolute atomic E-state index is 11.5. The largest absolute Gasteiger partial charge is 0.486 e. The normalized spacial score (nSPS) is 24.8. The van der Waals surface area contributed by atoms with Crippen LogP contribution in [0.15, 0.2) is 18.2 Å². The molecule has 7 heteroatoms. The van der Waals surface area contributed by atoms with E-state index in [0.29, 0.717) is 17.3 Å². The van der Waals surface area contributed by atoms with Crippen LogP contribution in [0.1, 0.15) is 12.5 Å². The van der Waals surface area contributed by atoms with Crippen LogP contribution in [-0.2, 0) is 16.4 Å². The summed E-state index contributed by atoms with van der Waals surface area (Å²) < 4.78 is 28.6. The molecule has 1 aromatic carbocycles. The molecule has 0 amide bonds. The van der Waals surface area contributed by atoms with Crippen molar-refractivity contribution in [2.75, 3.05) is 18.1 Å². The van der Waals surface area contributed by atoms with Crippen LogP contribution in [0.2, 0.25) is 5.02 Å². The van der Waals surface area contributed by atoms with Gasteiger partial charge >= 0.3 is 0 Å². The van der Waals surface area contributed by atoms with E-state index in [-0.39, 0.29) is 11.5 Å². The minimum atomic E-state index is -3.22. The fourth-order valence-corrected chi connectivity index (χ4v) is 3.99. The highest BCUT2D eigenvalue weighted by atomic mass is 35.5. The Kier molecular flexibility index (Phi) is 4.90. The van der Waals surface area contributed by atoms with Crippen molar-refractivity contribution >= 4 is 21.4 Å². The second-order valence-electron chi connectivity index (χ2n) is 4.83. The van der Waals surface area contributed by atoms with Gasteiger partial charge in [-0.3, -0.25) is 0 Å². The zero-order valence-electron chi connectivity index (χ0n) is 11.2. The number of aliphatic hydroxyl groups excluding tert-OH is 1. The van der Waals surface area contributed by atoms with Gasteiger partial charge in [-0.05, 0) is 24.7 Å². The van der Waals surface area contributed by atoms with Crippen LogP contribution in [0, 0.1) is 0 Å². The third-order valence-corrected chi connectivity index (χ3v) is 5.06. The summed E-state index contributed by atoms with van der Waals surface area (Å²) in [5.74, 6) is 0.155. The summed E-state index contributed by atoms with van der Waals surface area (Å²) in [6.45, 7) is 3.35. The molecule has 20 heavy (non-hydrogen) atoms. The smallest absolute Gasteiger partial charge is 0.156 e. The molecule has 1 aliphatic heterocycles. The average Bonchev–Trinajstić information content (AvgIpc) is 2.62. The lowest BCUT2D eigenvalue weighted by Gasteiger charge is -2.18. The number of ether oxygens (including phenoxy) is 1. The Bertz CT molecular complexity index is 576. The minimum absolute atomic E-state index is 0.155. The first-order chi connectivity index (χ1) is 9.41. The molecule has 2 unspecified atom stereocenters. The molecule has 0 spiro atoms. The van der Waals surface area contributed by atoms with Gasteiger partial charge in [0.2, 0.25) is 0 Å². The van der Waals surface area contributed by atoms with E-state index < -0.39 is 22.0 Å². The van der Waals surface area contributed by atoms with Gasteiger partial charge in [0, 0.05) is 17.1 Å². The van der Waals surface area contributed by atoms with Crippen molar-refractivity contribution in [2.24, 2.45) is 0 Å². The van der Waals surface area contributed by atoms with Crippen LogP contribution < -0.4 is 10.1 Å². The van der Waals surface area contributed by atoms with E-state index in [1.807, 2.05) is 6.92 Å². The first kappa shape index (κ1) is 15.6. The number of rotatable bonds is 5. The number of aliphatic hydroxyl groups is 1. The van der Waals surface area contributed by atoms with Crippen molar-refractivity contribution in [2.45, 2.75) is 25.7 Å². The van der Waals surface area contributed by atoms with Crippen LogP contribution in [-0.4, -0.2) is 43.8 Å². The molecule has 1 aliphatic rings. The monoisotopic (exact) mass is 319 g/mol. The van der Waals surface area contributed by atoms with E-state index in [0.717, 1.165) is 12.1 Å². The SMILES string of the molecule is CCNCc1cc(Cl)ccc1OC1CS(=O)(=O)CC1O. The number of sulfone groups is 1. The van der Waals surface area contributed by atoms with Crippen molar-refractivity contribution in [1.82, 2.24) is 5.32 Å². The van der Waals surface area contributed by atoms with Gasteiger partial charge in [0.05, 0.1) is 11.5 Å². The number of hydrogen-bond donors (Lipinski definition) is 2. The summed E-state index contributed by atoms with van der Waals surface area (Å²) in [5, 5.41) is 13.5. The van der Waals surface area contributed by atoms with Crippen molar-refractivity contribution < 1.29 is 18.3 Å². The van der Waals surface area contributed by atoms with E-state index >= 15 is 0 Å². The zero-order valence-corrected chi connectivity index (χ0v) is 12.7. The van der Waals surface area contributed by atoms with Crippen molar-refractivity contribution in [3.63, 3.8) is 0 Å². The molecule has 2 atom stereocenters. The van der Waals surface area contributed by atoms with E-state index in [9.17, 15) is 13.5 Å². The van der Waals surface area contributed by atoms with Crippen molar-refractivity contribution in [1.29, 1.82) is 0 Å². The van der Waals surface area contributed by atoms with E-state index in [2.05, 4.69) is 5.32 Å². The highest BCUT2D eigenvalue weighted by Crippen LogP contribution is 2.26. The molecule has 0 aliphatic carbocycles. The van der Waals surface area contributed by atoms with Gasteiger partial charge in [0.25, 0.3) is 0 Å². The first-order valence-corrected chi connectivity index (χ1v) is 8.65. The second-order valence-corrected chi connectivity index (χ2v) is 7.42. The summed E-state index contributed by atoms with van der Waals surface area (Å²) in [6.07, 6.45) is -1.70. The molecule has 1 aromatic rings. The summed E-state index contributed by atoms with van der Waals surface area (Å²) in [6, 6.07) is 5.16. The predicted octanol–water partition coefficient (Wildman–Crippen LogP) is 0.986. The molecule has 5 nitrogen and oxygen atoms in total. The highest BCUT2D eigenvalue weighted by Gasteiger charge is 2.38. The molecule has 0 aromatic heterocycles. The molecule has 112 valence electrons. The topological polar surface area (TPSA) is 75.6 Å². The number of nitrogens with one attached hydrogen (secondary N) is 1. The molecular weight excluding hydrogens is 302 g/mol. The molecule has 2 N–H and O–H groups in total. The highest BCUT2D eigenvalue weighted by molar-refractivity contribution is 7.91. The standard InChI is InChI=1S/C13H18ClNO4S/c1-2-15-6-9-5-10(14)3-4-12(9)19-13-8-20(17,18)7-11(13)16/h3-5,11,13,15-16H,2,6-8H2,1H3. The van der Waals surface area contributed by atoms with Gasteiger partial charge in [-0.1, -0.05) is 18.5 Å². The Hall–Kier alpha value is -0.820. The van der Waals surface area contributed by atoms with Crippen LogP contribution in [0.3, 0.4) is 0 Å². The molecule has 1 fully saturated rings. The van der Waals surface area contributed by atoms with E-state index in [1.165, 1.54) is 0 Å². The maximum Gasteiger partial charge on any atom is 0.156 e. The quantitative estimate of drug-likeness (QED) is 0.846. The third-order valence-electron chi connectivity index (χ3n) is 3.14. The van der Waals surface area contributed by atoms with Gasteiger partial charge in [0.1, 0.15) is 18.0 Å². The average molecular weight is 320 g/mol. The summed E-state index contributed by atoms with van der Waals surface area (Å²) in [5.41, 5.74) is 0.843. The van der Waals surface area contributed by atoms with Gasteiger partial charge in [-0.25, -0.2) is 8.42 Å². The molecule has 2 rings (SSSR count). The molecule has 1 heterocycles. The molecule has 0 bridgehead atoms. The third kappa shape index (κ3) is 3.85. The van der Waals surface area contributed by atoms with Gasteiger partial charge in [-0.2, -0.15) is 0 Å². The van der Waals surface area contributed by atoms with E-state index in [4.69, 9.17) is 16.3 Å². The van der Waals surface area contributed by atoms with Gasteiger partial charge < -0.3 is 15.2 Å². The Morgan fingerprint density at radius 2 is 2.20 bits per heavy atom. The summed E-state index contributed by atoms with van der Waals surface area (Å²) >= 11 is 5.96. The summed E-state index contributed by atoms with van der Waals surface area (Å²) in [7, 11) is -3.22. The lowest BCUT2D eigenvalue weighted by Crippen LogP contribution is -2.30. The van der Waals surface area contributed by atoms with E-state index in [1.54, 1.807) is 18.2 Å². The second kappa shape index (κ2) is 6.30. The fourth-order valence-electron chi connectivity index (χ4n) is 2.13. The number of hydrogen-bond acceptors (Lipinski definition) is 5. The predicted molar refractivity (Wildman–Crippen MR) is 77.9 cm³/mol. The maximum atomic E-state index is 11.5. The van der Waals surface area contributed by atoms with Crippen LogP contribution in [0.5, 0.6) is 5.75 Å². The Labute approximate surface area is 123 Å².